The van der Waals surface area contributed by atoms with Crippen molar-refractivity contribution in [3.05, 3.63) is 12.0 Å². The number of aryl methyl sites for hydroxylation is 1. The lowest BCUT2D eigenvalue weighted by Crippen LogP contribution is -2.30. The van der Waals surface area contributed by atoms with Crippen molar-refractivity contribution < 1.29 is 18.3 Å². The lowest BCUT2D eigenvalue weighted by atomic mass is 9.99. The molecule has 18 heavy (non-hydrogen) atoms. The van der Waals surface area contributed by atoms with Crippen LogP contribution in [-0.4, -0.2) is 46.9 Å². The van der Waals surface area contributed by atoms with Crippen LogP contribution in [0.2, 0.25) is 0 Å². The molecule has 2 atom stereocenters. The van der Waals surface area contributed by atoms with Crippen molar-refractivity contribution in [2.75, 3.05) is 13.1 Å². The number of nitrogens with one attached hydrogen (secondary N) is 1. The molecule has 0 radical (unpaired) electrons. The molecule has 0 aliphatic carbocycles. The van der Waals surface area contributed by atoms with Gasteiger partial charge >= 0.3 is 5.97 Å². The Labute approximate surface area is 105 Å². The molecule has 0 amide bonds. The Kier molecular flexibility index (Phi) is 3.16. The number of nitrogens with zero attached hydrogens (tertiary/aromatic N) is 2. The summed E-state index contributed by atoms with van der Waals surface area (Å²) >= 11 is 0. The second-order valence-corrected chi connectivity index (χ2v) is 6.48. The van der Waals surface area contributed by atoms with Crippen LogP contribution in [0.15, 0.2) is 11.2 Å². The van der Waals surface area contributed by atoms with Gasteiger partial charge in [-0.05, 0) is 12.8 Å². The van der Waals surface area contributed by atoms with Crippen molar-refractivity contribution in [2.45, 2.75) is 18.9 Å². The van der Waals surface area contributed by atoms with Gasteiger partial charge in [0.25, 0.3) is 10.0 Å². The molecule has 2 heterocycles. The van der Waals surface area contributed by atoms with Crippen molar-refractivity contribution >= 4 is 16.0 Å². The molecular weight excluding hydrogens is 258 g/mol. The highest BCUT2D eigenvalue weighted by Crippen LogP contribution is 2.27. The molecule has 1 fully saturated rings. The number of H-pyrrole nitrogens is 1. The van der Waals surface area contributed by atoms with E-state index in [1.165, 1.54) is 10.5 Å². The maximum atomic E-state index is 12.2. The Morgan fingerprint density at radius 2 is 2.22 bits per heavy atom. The van der Waals surface area contributed by atoms with Crippen molar-refractivity contribution in [1.82, 2.24) is 14.3 Å². The molecule has 1 aromatic rings. The van der Waals surface area contributed by atoms with E-state index in [2.05, 4.69) is 9.97 Å². The molecule has 1 aromatic heterocycles. The molecule has 2 unspecified atom stereocenters. The highest BCUT2D eigenvalue weighted by atomic mass is 32.2. The largest absolute Gasteiger partial charge is 0.481 e. The van der Waals surface area contributed by atoms with Gasteiger partial charge in [-0.15, -0.1) is 0 Å². The number of carbonyl (C=O) groups is 1. The zero-order valence-electron chi connectivity index (χ0n) is 10.1. The summed E-state index contributed by atoms with van der Waals surface area (Å²) in [6.07, 6.45) is 1.25. The van der Waals surface area contributed by atoms with E-state index >= 15 is 0 Å². The molecule has 2 rings (SSSR count). The summed E-state index contributed by atoms with van der Waals surface area (Å²) in [6.45, 7) is 3.63. The van der Waals surface area contributed by atoms with Gasteiger partial charge in [0.2, 0.25) is 0 Å². The number of aromatic amines is 1. The van der Waals surface area contributed by atoms with E-state index in [0.717, 1.165) is 0 Å². The fourth-order valence-corrected chi connectivity index (χ4v) is 3.64. The minimum absolute atomic E-state index is 0.0108. The van der Waals surface area contributed by atoms with Crippen molar-refractivity contribution in [3.8, 4) is 0 Å². The molecule has 7 nitrogen and oxygen atoms in total. The van der Waals surface area contributed by atoms with Gasteiger partial charge in [-0.2, -0.15) is 4.31 Å². The van der Waals surface area contributed by atoms with E-state index in [1.807, 2.05) is 0 Å². The van der Waals surface area contributed by atoms with Gasteiger partial charge in [0.15, 0.2) is 5.03 Å². The number of imidazole rings is 1. The Hall–Kier alpha value is -1.41. The molecule has 0 spiro atoms. The Balaban J connectivity index is 2.26. The second-order valence-electron chi connectivity index (χ2n) is 4.58. The number of aromatic nitrogens is 2. The van der Waals surface area contributed by atoms with E-state index < -0.39 is 21.9 Å². The van der Waals surface area contributed by atoms with E-state index in [4.69, 9.17) is 5.11 Å². The zero-order chi connectivity index (χ0) is 13.5. The third kappa shape index (κ3) is 2.13. The van der Waals surface area contributed by atoms with Crippen molar-refractivity contribution in [1.29, 1.82) is 0 Å². The van der Waals surface area contributed by atoms with Crippen LogP contribution in [0.25, 0.3) is 0 Å². The minimum atomic E-state index is -3.67. The zero-order valence-corrected chi connectivity index (χ0v) is 10.9. The quantitative estimate of drug-likeness (QED) is 0.810. The highest BCUT2D eigenvalue weighted by molar-refractivity contribution is 7.89. The normalized spacial score (nSPS) is 25.4. The van der Waals surface area contributed by atoms with E-state index in [1.54, 1.807) is 13.8 Å². The van der Waals surface area contributed by atoms with Gasteiger partial charge in [-0.3, -0.25) is 4.79 Å². The summed E-state index contributed by atoms with van der Waals surface area (Å²) in [5.74, 6) is -1.29. The Morgan fingerprint density at radius 3 is 2.67 bits per heavy atom. The Bertz CT molecular complexity index is 565. The van der Waals surface area contributed by atoms with E-state index in [0.29, 0.717) is 5.82 Å². The van der Waals surface area contributed by atoms with Gasteiger partial charge in [-0.25, -0.2) is 13.4 Å². The first-order chi connectivity index (χ1) is 8.32. The molecular formula is C10H15N3O4S. The number of hydrogen-bond donors (Lipinski definition) is 2. The smallest absolute Gasteiger partial charge is 0.308 e. The lowest BCUT2D eigenvalue weighted by molar-refractivity contribution is -0.142. The predicted molar refractivity (Wildman–Crippen MR) is 62.4 cm³/mol. The number of carboxylic acids is 1. The first-order valence-corrected chi connectivity index (χ1v) is 7.01. The van der Waals surface area contributed by atoms with Crippen molar-refractivity contribution in [2.24, 2.45) is 11.8 Å². The second kappa shape index (κ2) is 4.36. The van der Waals surface area contributed by atoms with Crippen LogP contribution < -0.4 is 0 Å². The molecule has 8 heteroatoms. The van der Waals surface area contributed by atoms with Crippen LogP contribution in [0.5, 0.6) is 0 Å². The van der Waals surface area contributed by atoms with E-state index in [9.17, 15) is 13.2 Å². The Morgan fingerprint density at radius 1 is 1.56 bits per heavy atom. The molecule has 0 aromatic carbocycles. The maximum absolute atomic E-state index is 12.2. The van der Waals surface area contributed by atoms with Gasteiger partial charge in [0.05, 0.1) is 12.1 Å². The summed E-state index contributed by atoms with van der Waals surface area (Å²) in [5.41, 5.74) is 0. The monoisotopic (exact) mass is 273 g/mol. The summed E-state index contributed by atoms with van der Waals surface area (Å²) < 4.78 is 25.6. The number of aliphatic carboxylic acids is 1. The summed E-state index contributed by atoms with van der Waals surface area (Å²) in [6, 6.07) is 0. The van der Waals surface area contributed by atoms with Gasteiger partial charge in [0, 0.05) is 13.1 Å². The topological polar surface area (TPSA) is 103 Å². The number of carboxylic acid groups (broad SMARTS) is 1. The van der Waals surface area contributed by atoms with E-state index in [-0.39, 0.29) is 24.0 Å². The third-order valence-electron chi connectivity index (χ3n) is 3.19. The number of hydrogen-bond acceptors (Lipinski definition) is 4. The molecule has 0 saturated carbocycles. The van der Waals surface area contributed by atoms with Gasteiger partial charge in [-0.1, -0.05) is 6.92 Å². The first kappa shape index (κ1) is 13.0. The van der Waals surface area contributed by atoms with Gasteiger partial charge < -0.3 is 10.1 Å². The fourth-order valence-electron chi connectivity index (χ4n) is 2.11. The highest BCUT2D eigenvalue weighted by Gasteiger charge is 2.41. The molecule has 2 N–H and O–H groups in total. The van der Waals surface area contributed by atoms with Crippen LogP contribution in [0.1, 0.15) is 12.7 Å². The van der Waals surface area contributed by atoms with Crippen LogP contribution in [-0.2, 0) is 14.8 Å². The third-order valence-corrected chi connectivity index (χ3v) is 4.93. The van der Waals surface area contributed by atoms with Crippen LogP contribution in [0.3, 0.4) is 0 Å². The first-order valence-electron chi connectivity index (χ1n) is 5.57. The van der Waals surface area contributed by atoms with Crippen LogP contribution in [0, 0.1) is 18.8 Å². The lowest BCUT2D eigenvalue weighted by Gasteiger charge is -2.14. The van der Waals surface area contributed by atoms with Gasteiger partial charge in [0.1, 0.15) is 5.82 Å². The molecule has 1 aliphatic rings. The number of rotatable bonds is 3. The average Bonchev–Trinajstić information content (AvgIpc) is 2.84. The summed E-state index contributed by atoms with van der Waals surface area (Å²) in [4.78, 5) is 17.5. The molecule has 100 valence electrons. The predicted octanol–water partition coefficient (Wildman–Crippen LogP) is 0.0593. The maximum Gasteiger partial charge on any atom is 0.308 e. The summed E-state index contributed by atoms with van der Waals surface area (Å²) in [7, 11) is -3.67. The van der Waals surface area contributed by atoms with Crippen LogP contribution in [0.4, 0.5) is 0 Å². The van der Waals surface area contributed by atoms with Crippen LogP contribution >= 0.6 is 0 Å². The van der Waals surface area contributed by atoms with Crippen molar-refractivity contribution in [3.63, 3.8) is 0 Å². The molecule has 1 aliphatic heterocycles. The standard InChI is InChI=1S/C10H15N3O4S/c1-6-4-13(5-8(6)10(14)15)18(16,17)9-3-11-7(2)12-9/h3,6,8H,4-5H2,1-2H3,(H,11,12)(H,14,15). The minimum Gasteiger partial charge on any atom is -0.481 e. The summed E-state index contributed by atoms with van der Waals surface area (Å²) in [5, 5.41) is 9.01. The fraction of sp³-hybridized carbons (Fsp3) is 0.600. The average molecular weight is 273 g/mol. The molecule has 0 bridgehead atoms. The molecule has 1 saturated heterocycles. The SMILES string of the molecule is Cc1ncc(S(=O)(=O)N2CC(C)C(C(=O)O)C2)[nH]1. The number of sulfonamides is 1.